The molecule has 2 heterocycles. The van der Waals surface area contributed by atoms with Crippen LogP contribution in [0.3, 0.4) is 0 Å². The number of likely N-dealkylation sites (tertiary alicyclic amines) is 1. The third kappa shape index (κ3) is 0.825. The maximum absolute atomic E-state index is 13.7. The van der Waals surface area contributed by atoms with E-state index >= 15 is 0 Å². The zero-order valence-corrected chi connectivity index (χ0v) is 6.53. The van der Waals surface area contributed by atoms with Gasteiger partial charge in [-0.2, -0.15) is 0 Å². The Morgan fingerprint density at radius 1 is 1.18 bits per heavy atom. The lowest BCUT2D eigenvalue weighted by atomic mass is 9.94. The van der Waals surface area contributed by atoms with E-state index in [-0.39, 0.29) is 26.2 Å². The minimum atomic E-state index is -1.64. The van der Waals surface area contributed by atoms with E-state index in [0.29, 0.717) is 0 Å². The monoisotopic (exact) mass is 162 g/mol. The topological polar surface area (TPSA) is 15.3 Å². The molecule has 0 aromatic carbocycles. The minimum absolute atomic E-state index is 0.161. The van der Waals surface area contributed by atoms with Gasteiger partial charge in [-0.05, 0) is 7.05 Å². The van der Waals surface area contributed by atoms with Crippen LogP contribution in [-0.2, 0) is 0 Å². The maximum Gasteiger partial charge on any atom is 0.172 e. The van der Waals surface area contributed by atoms with E-state index in [0.717, 1.165) is 0 Å². The number of alkyl halides is 2. The Morgan fingerprint density at radius 3 is 2.09 bits per heavy atom. The summed E-state index contributed by atoms with van der Waals surface area (Å²) in [5.41, 5.74) is -3.27. The smallest absolute Gasteiger partial charge is 0.172 e. The summed E-state index contributed by atoms with van der Waals surface area (Å²) >= 11 is 0. The van der Waals surface area contributed by atoms with E-state index in [1.807, 2.05) is 0 Å². The molecule has 1 unspecified atom stereocenters. The molecule has 2 aliphatic rings. The highest BCUT2D eigenvalue weighted by Gasteiger charge is 2.62. The Hall–Kier alpha value is -0.220. The molecule has 0 aromatic rings. The summed E-state index contributed by atoms with van der Waals surface area (Å²) in [6, 6.07) is 0. The van der Waals surface area contributed by atoms with Crippen LogP contribution in [0.2, 0.25) is 0 Å². The summed E-state index contributed by atoms with van der Waals surface area (Å²) in [6.45, 7) is 0.759. The fourth-order valence-corrected chi connectivity index (χ4v) is 2.08. The van der Waals surface area contributed by atoms with Gasteiger partial charge in [0.05, 0.1) is 0 Å². The summed E-state index contributed by atoms with van der Waals surface area (Å²) in [6.07, 6.45) is 0. The molecule has 2 saturated heterocycles. The summed E-state index contributed by atoms with van der Waals surface area (Å²) in [5, 5.41) is 2.75. The summed E-state index contributed by atoms with van der Waals surface area (Å²) in [5.74, 6) is 0. The van der Waals surface area contributed by atoms with Crippen LogP contribution < -0.4 is 5.32 Å². The molecule has 2 aliphatic heterocycles. The normalized spacial score (nSPS) is 51.5. The molecule has 11 heavy (non-hydrogen) atoms. The first kappa shape index (κ1) is 7.43. The molecule has 0 aliphatic carbocycles. The first-order chi connectivity index (χ1) is 5.06. The zero-order valence-electron chi connectivity index (χ0n) is 6.53. The predicted octanol–water partition coefficient (Wildman–Crippen LogP) is -0.0484. The number of halogens is 2. The fourth-order valence-electron chi connectivity index (χ4n) is 2.08. The van der Waals surface area contributed by atoms with Gasteiger partial charge in [0.2, 0.25) is 0 Å². The molecule has 0 amide bonds. The molecule has 2 fully saturated rings. The van der Waals surface area contributed by atoms with Gasteiger partial charge in [0.1, 0.15) is 0 Å². The quantitative estimate of drug-likeness (QED) is 0.537. The number of nitrogens with one attached hydrogen (secondary N) is 1. The van der Waals surface area contributed by atoms with E-state index in [2.05, 4.69) is 5.32 Å². The molecule has 2 nitrogen and oxygen atoms in total. The molecular weight excluding hydrogens is 150 g/mol. The van der Waals surface area contributed by atoms with E-state index in [1.165, 1.54) is 0 Å². The Kier molecular flexibility index (Phi) is 1.30. The van der Waals surface area contributed by atoms with Gasteiger partial charge < -0.3 is 5.32 Å². The van der Waals surface area contributed by atoms with E-state index in [9.17, 15) is 8.78 Å². The van der Waals surface area contributed by atoms with Crippen LogP contribution >= 0.6 is 0 Å². The van der Waals surface area contributed by atoms with Crippen molar-refractivity contribution >= 4 is 0 Å². The summed E-state index contributed by atoms with van der Waals surface area (Å²) in [4.78, 5) is 1.71. The second kappa shape index (κ2) is 1.93. The Labute approximate surface area is 64.6 Å². The van der Waals surface area contributed by atoms with E-state index < -0.39 is 11.3 Å². The van der Waals surface area contributed by atoms with Crippen LogP contribution in [0.1, 0.15) is 0 Å². The van der Waals surface area contributed by atoms with Crippen molar-refractivity contribution in [3.05, 3.63) is 0 Å². The van der Waals surface area contributed by atoms with Crippen molar-refractivity contribution in [3.63, 3.8) is 0 Å². The van der Waals surface area contributed by atoms with Crippen molar-refractivity contribution in [1.29, 1.82) is 0 Å². The third-order valence-electron chi connectivity index (χ3n) is 2.65. The van der Waals surface area contributed by atoms with Crippen LogP contribution in [0.5, 0.6) is 0 Å². The molecule has 0 spiro atoms. The highest BCUT2D eigenvalue weighted by atomic mass is 19.2. The van der Waals surface area contributed by atoms with Crippen LogP contribution in [0.15, 0.2) is 0 Å². The number of hydrogen-bond acceptors (Lipinski definition) is 2. The van der Waals surface area contributed by atoms with Gasteiger partial charge in [-0.15, -0.1) is 0 Å². The van der Waals surface area contributed by atoms with Gasteiger partial charge in [-0.3, -0.25) is 4.90 Å². The van der Waals surface area contributed by atoms with Crippen LogP contribution in [0, 0.1) is 0 Å². The predicted molar refractivity (Wildman–Crippen MR) is 38.0 cm³/mol. The van der Waals surface area contributed by atoms with Gasteiger partial charge in [0, 0.05) is 26.2 Å². The van der Waals surface area contributed by atoms with Crippen molar-refractivity contribution in [2.45, 2.75) is 11.3 Å². The number of rotatable bonds is 0. The van der Waals surface area contributed by atoms with Gasteiger partial charge in [-0.1, -0.05) is 0 Å². The fraction of sp³-hybridized carbons (Fsp3) is 1.00. The van der Waals surface area contributed by atoms with Crippen LogP contribution in [0.25, 0.3) is 0 Å². The molecule has 2 atom stereocenters. The molecule has 4 heteroatoms. The van der Waals surface area contributed by atoms with Gasteiger partial charge in [-0.25, -0.2) is 8.78 Å². The summed E-state index contributed by atoms with van der Waals surface area (Å²) < 4.78 is 27.3. The lowest BCUT2D eigenvalue weighted by Crippen LogP contribution is -2.44. The summed E-state index contributed by atoms with van der Waals surface area (Å²) in [7, 11) is 1.75. The van der Waals surface area contributed by atoms with Crippen LogP contribution in [0.4, 0.5) is 8.78 Å². The van der Waals surface area contributed by atoms with E-state index in [4.69, 9.17) is 0 Å². The van der Waals surface area contributed by atoms with Crippen molar-refractivity contribution in [2.75, 3.05) is 33.2 Å². The average molecular weight is 162 g/mol. The third-order valence-corrected chi connectivity index (χ3v) is 2.65. The Bertz CT molecular complexity index is 169. The highest BCUT2D eigenvalue weighted by Crippen LogP contribution is 2.40. The zero-order chi connectivity index (χ0) is 8.11. The second-order valence-corrected chi connectivity index (χ2v) is 3.71. The number of nitrogens with zero attached hydrogens (tertiary/aromatic N) is 1. The Morgan fingerprint density at radius 2 is 1.64 bits per heavy atom. The highest BCUT2D eigenvalue weighted by molar-refractivity contribution is 5.15. The maximum atomic E-state index is 13.7. The van der Waals surface area contributed by atoms with Crippen molar-refractivity contribution in [2.24, 2.45) is 0 Å². The van der Waals surface area contributed by atoms with Crippen molar-refractivity contribution in [3.8, 4) is 0 Å². The molecule has 1 N–H and O–H groups in total. The standard InChI is InChI=1S/C7H12F2N2/c1-11-4-6(8)2-10-3-7(6,9)5-11/h10H,2-5H2,1H3/t6-,7?/m1/s1. The number of hydrogen-bond donors (Lipinski definition) is 1. The molecule has 0 saturated carbocycles. The van der Waals surface area contributed by atoms with Gasteiger partial charge in [0.15, 0.2) is 11.3 Å². The second-order valence-electron chi connectivity index (χ2n) is 3.71. The molecule has 64 valence electrons. The van der Waals surface area contributed by atoms with Crippen molar-refractivity contribution in [1.82, 2.24) is 10.2 Å². The largest absolute Gasteiger partial charge is 0.310 e. The molecule has 2 rings (SSSR count). The first-order valence-electron chi connectivity index (χ1n) is 3.83. The van der Waals surface area contributed by atoms with Gasteiger partial charge >= 0.3 is 0 Å². The molecular formula is C7H12F2N2. The Balaban J connectivity index is 2.28. The van der Waals surface area contributed by atoms with Crippen LogP contribution in [-0.4, -0.2) is 49.5 Å². The molecule has 0 bridgehead atoms. The molecule has 0 aromatic heterocycles. The molecule has 0 radical (unpaired) electrons. The minimum Gasteiger partial charge on any atom is -0.310 e. The first-order valence-corrected chi connectivity index (χ1v) is 3.83. The lowest BCUT2D eigenvalue weighted by molar-refractivity contribution is 0.0491. The SMILES string of the molecule is CN1CC2(F)CNC[C@@]2(F)C1. The lowest BCUT2D eigenvalue weighted by Gasteiger charge is -2.22. The average Bonchev–Trinajstić information content (AvgIpc) is 2.16. The van der Waals surface area contributed by atoms with Crippen molar-refractivity contribution < 1.29 is 8.78 Å². The van der Waals surface area contributed by atoms with E-state index in [1.54, 1.807) is 11.9 Å². The number of fused-ring (bicyclic) bond motifs is 1. The van der Waals surface area contributed by atoms with Gasteiger partial charge in [0.25, 0.3) is 0 Å².